The van der Waals surface area contributed by atoms with Crippen molar-refractivity contribution in [1.29, 1.82) is 0 Å². The first kappa shape index (κ1) is 17.6. The van der Waals surface area contributed by atoms with Gasteiger partial charge in [0.1, 0.15) is 11.5 Å². The molecule has 128 valence electrons. The molecule has 0 radical (unpaired) electrons. The molecule has 4 N–H and O–H groups in total. The third kappa shape index (κ3) is 4.17. The quantitative estimate of drug-likeness (QED) is 0.705. The smallest absolute Gasteiger partial charge is 0.251 e. The zero-order valence-corrected chi connectivity index (χ0v) is 14.0. The average molecular weight is 330 g/mol. The van der Waals surface area contributed by atoms with Crippen LogP contribution in [0.15, 0.2) is 36.4 Å². The number of aliphatic hydroxyl groups excluding tert-OH is 1. The first-order valence-electron chi connectivity index (χ1n) is 7.50. The second-order valence-electron chi connectivity index (χ2n) is 5.45. The minimum absolute atomic E-state index is 0.0589. The van der Waals surface area contributed by atoms with Crippen molar-refractivity contribution < 1.29 is 19.4 Å². The molecule has 0 fully saturated rings. The van der Waals surface area contributed by atoms with Crippen molar-refractivity contribution >= 4 is 11.6 Å². The van der Waals surface area contributed by atoms with Crippen LogP contribution in [0.25, 0.3) is 0 Å². The Kier molecular flexibility index (Phi) is 5.65. The molecule has 0 aliphatic carbocycles. The summed E-state index contributed by atoms with van der Waals surface area (Å²) in [5, 5.41) is 13.0. The van der Waals surface area contributed by atoms with Crippen molar-refractivity contribution in [3.05, 3.63) is 53.1 Å². The molecule has 6 heteroatoms. The fourth-order valence-electron chi connectivity index (χ4n) is 2.31. The normalized spacial score (nSPS) is 11.7. The van der Waals surface area contributed by atoms with Crippen LogP contribution in [0, 0.1) is 6.92 Å². The first-order valence-corrected chi connectivity index (χ1v) is 7.50. The number of nitrogens with one attached hydrogen (secondary N) is 1. The van der Waals surface area contributed by atoms with Crippen LogP contribution in [0.5, 0.6) is 11.5 Å². The SMILES string of the molecule is COc1cc(OC)cc(C(O)CNC(=O)c2cc(N)ccc2C)c1. The third-order valence-electron chi connectivity index (χ3n) is 3.72. The number of carbonyl (C=O) groups is 1. The van der Waals surface area contributed by atoms with Crippen molar-refractivity contribution in [2.24, 2.45) is 0 Å². The van der Waals surface area contributed by atoms with Crippen LogP contribution in [0.2, 0.25) is 0 Å². The minimum atomic E-state index is -0.890. The summed E-state index contributed by atoms with van der Waals surface area (Å²) >= 11 is 0. The van der Waals surface area contributed by atoms with Gasteiger partial charge in [0.05, 0.1) is 20.3 Å². The highest BCUT2D eigenvalue weighted by Gasteiger charge is 2.14. The zero-order chi connectivity index (χ0) is 17.7. The summed E-state index contributed by atoms with van der Waals surface area (Å²) in [4.78, 5) is 12.3. The summed E-state index contributed by atoms with van der Waals surface area (Å²) in [6.45, 7) is 1.89. The van der Waals surface area contributed by atoms with E-state index < -0.39 is 6.10 Å². The van der Waals surface area contributed by atoms with E-state index in [-0.39, 0.29) is 12.5 Å². The summed E-state index contributed by atoms with van der Waals surface area (Å²) in [5.41, 5.74) is 8.14. The first-order chi connectivity index (χ1) is 11.4. The van der Waals surface area contributed by atoms with Crippen molar-refractivity contribution in [2.45, 2.75) is 13.0 Å². The lowest BCUT2D eigenvalue weighted by Crippen LogP contribution is -2.29. The maximum absolute atomic E-state index is 12.3. The van der Waals surface area contributed by atoms with Gasteiger partial charge in [-0.15, -0.1) is 0 Å². The Bertz CT molecular complexity index is 709. The summed E-state index contributed by atoms with van der Waals surface area (Å²) in [6, 6.07) is 10.3. The Balaban J connectivity index is 2.08. The number of ether oxygens (including phenoxy) is 2. The number of rotatable bonds is 6. The van der Waals surface area contributed by atoms with Crippen LogP contribution in [0.4, 0.5) is 5.69 Å². The lowest BCUT2D eigenvalue weighted by atomic mass is 10.1. The maximum Gasteiger partial charge on any atom is 0.251 e. The fraction of sp³-hybridized carbons (Fsp3) is 0.278. The number of methoxy groups -OCH3 is 2. The van der Waals surface area contributed by atoms with Gasteiger partial charge in [-0.3, -0.25) is 4.79 Å². The average Bonchev–Trinajstić information content (AvgIpc) is 2.60. The molecule has 0 saturated carbocycles. The Labute approximate surface area is 141 Å². The molecular formula is C18H22N2O4. The van der Waals surface area contributed by atoms with E-state index in [2.05, 4.69) is 5.32 Å². The highest BCUT2D eigenvalue weighted by Crippen LogP contribution is 2.26. The number of aryl methyl sites for hydroxylation is 1. The number of hydrogen-bond acceptors (Lipinski definition) is 5. The van der Waals surface area contributed by atoms with E-state index in [1.807, 2.05) is 6.92 Å². The molecule has 2 aromatic rings. The molecule has 6 nitrogen and oxygen atoms in total. The summed E-state index contributed by atoms with van der Waals surface area (Å²) in [5.74, 6) is 0.858. The van der Waals surface area contributed by atoms with Crippen LogP contribution in [-0.4, -0.2) is 31.8 Å². The number of nitrogen functional groups attached to an aromatic ring is 1. The summed E-state index contributed by atoms with van der Waals surface area (Å²) in [7, 11) is 3.07. The van der Waals surface area contributed by atoms with Gasteiger partial charge >= 0.3 is 0 Å². The number of benzene rings is 2. The van der Waals surface area contributed by atoms with Gasteiger partial charge in [-0.05, 0) is 42.3 Å². The molecule has 0 aliphatic rings. The molecular weight excluding hydrogens is 308 g/mol. The second-order valence-corrected chi connectivity index (χ2v) is 5.45. The van der Waals surface area contributed by atoms with Gasteiger partial charge in [0, 0.05) is 23.9 Å². The number of hydrogen-bond donors (Lipinski definition) is 3. The van der Waals surface area contributed by atoms with Crippen LogP contribution in [0.1, 0.15) is 27.6 Å². The lowest BCUT2D eigenvalue weighted by Gasteiger charge is -2.15. The second kappa shape index (κ2) is 7.70. The standard InChI is InChI=1S/C18H22N2O4/c1-11-4-5-13(19)8-16(11)18(22)20-10-17(21)12-6-14(23-2)9-15(7-12)24-3/h4-9,17,21H,10,19H2,1-3H3,(H,20,22). The summed E-state index contributed by atoms with van der Waals surface area (Å²) in [6.07, 6.45) is -0.890. The molecule has 1 unspecified atom stereocenters. The van der Waals surface area contributed by atoms with Gasteiger partial charge in [-0.2, -0.15) is 0 Å². The Hall–Kier alpha value is -2.73. The topological polar surface area (TPSA) is 93.8 Å². The molecule has 0 heterocycles. The largest absolute Gasteiger partial charge is 0.497 e. The molecule has 2 aromatic carbocycles. The molecule has 0 spiro atoms. The Morgan fingerprint density at radius 2 is 1.79 bits per heavy atom. The molecule has 1 atom stereocenters. The van der Waals surface area contributed by atoms with Gasteiger partial charge in [-0.25, -0.2) is 0 Å². The van der Waals surface area contributed by atoms with Gasteiger partial charge in [-0.1, -0.05) is 6.07 Å². The van der Waals surface area contributed by atoms with E-state index in [1.54, 1.807) is 36.4 Å². The molecule has 2 rings (SSSR count). The Morgan fingerprint density at radius 1 is 1.17 bits per heavy atom. The number of aliphatic hydroxyl groups is 1. The van der Waals surface area contributed by atoms with Crippen molar-refractivity contribution in [3.8, 4) is 11.5 Å². The van der Waals surface area contributed by atoms with Gasteiger partial charge in [0.25, 0.3) is 5.91 Å². The molecule has 24 heavy (non-hydrogen) atoms. The summed E-state index contributed by atoms with van der Waals surface area (Å²) < 4.78 is 10.4. The molecule has 0 aromatic heterocycles. The Morgan fingerprint density at radius 3 is 2.38 bits per heavy atom. The van der Waals surface area contributed by atoms with Gasteiger partial charge < -0.3 is 25.6 Å². The highest BCUT2D eigenvalue weighted by atomic mass is 16.5. The predicted octanol–water partition coefficient (Wildman–Crippen LogP) is 2.06. The number of anilines is 1. The van der Waals surface area contributed by atoms with Gasteiger partial charge in [0.15, 0.2) is 0 Å². The van der Waals surface area contributed by atoms with Crippen LogP contribution >= 0.6 is 0 Å². The van der Waals surface area contributed by atoms with E-state index in [9.17, 15) is 9.90 Å². The van der Waals surface area contributed by atoms with Crippen molar-refractivity contribution in [1.82, 2.24) is 5.32 Å². The highest BCUT2D eigenvalue weighted by molar-refractivity contribution is 5.96. The minimum Gasteiger partial charge on any atom is -0.497 e. The van der Waals surface area contributed by atoms with Crippen LogP contribution in [-0.2, 0) is 0 Å². The van der Waals surface area contributed by atoms with Crippen LogP contribution in [0.3, 0.4) is 0 Å². The van der Waals surface area contributed by atoms with Crippen molar-refractivity contribution in [2.75, 3.05) is 26.5 Å². The van der Waals surface area contributed by atoms with E-state index in [0.29, 0.717) is 28.3 Å². The van der Waals surface area contributed by atoms with Crippen LogP contribution < -0.4 is 20.5 Å². The molecule has 0 bridgehead atoms. The van der Waals surface area contributed by atoms with Gasteiger partial charge in [0.2, 0.25) is 0 Å². The number of amides is 1. The lowest BCUT2D eigenvalue weighted by molar-refractivity contribution is 0.0915. The fourth-order valence-corrected chi connectivity index (χ4v) is 2.31. The van der Waals surface area contributed by atoms with E-state index in [0.717, 1.165) is 5.56 Å². The predicted molar refractivity (Wildman–Crippen MR) is 92.4 cm³/mol. The van der Waals surface area contributed by atoms with E-state index in [4.69, 9.17) is 15.2 Å². The number of carbonyl (C=O) groups excluding carboxylic acids is 1. The zero-order valence-electron chi connectivity index (χ0n) is 14.0. The maximum atomic E-state index is 12.3. The molecule has 0 saturated heterocycles. The third-order valence-corrected chi connectivity index (χ3v) is 3.72. The van der Waals surface area contributed by atoms with E-state index >= 15 is 0 Å². The molecule has 0 aliphatic heterocycles. The number of nitrogens with two attached hydrogens (primary N) is 1. The monoisotopic (exact) mass is 330 g/mol. The van der Waals surface area contributed by atoms with Crippen molar-refractivity contribution in [3.63, 3.8) is 0 Å². The van der Waals surface area contributed by atoms with E-state index in [1.165, 1.54) is 14.2 Å². The molecule has 1 amide bonds.